The van der Waals surface area contributed by atoms with Gasteiger partial charge in [0.25, 0.3) is 0 Å². The summed E-state index contributed by atoms with van der Waals surface area (Å²) in [4.78, 5) is 0. The second kappa shape index (κ2) is 2.82. The van der Waals surface area contributed by atoms with Crippen LogP contribution in [0.15, 0.2) is 9.17 Å². The molecule has 9 heavy (non-hydrogen) atoms. The van der Waals surface area contributed by atoms with Crippen LogP contribution in [0, 0.1) is 6.92 Å². The normalized spacial score (nSPS) is 10.1. The average molecular weight is 206 g/mol. The molecule has 0 bridgehead atoms. The Balaban J connectivity index is 3.04. The molecule has 0 amide bonds. The van der Waals surface area contributed by atoms with Crippen LogP contribution in [-0.4, -0.2) is 0 Å². The zero-order valence-corrected chi connectivity index (χ0v) is 7.55. The van der Waals surface area contributed by atoms with Gasteiger partial charge < -0.3 is 5.73 Å². The van der Waals surface area contributed by atoms with Gasteiger partial charge in [0.15, 0.2) is 0 Å². The molecule has 1 rings (SSSR count). The van der Waals surface area contributed by atoms with E-state index in [-0.39, 0.29) is 0 Å². The van der Waals surface area contributed by atoms with Gasteiger partial charge in [0.1, 0.15) is 0 Å². The van der Waals surface area contributed by atoms with Gasteiger partial charge in [-0.1, -0.05) is 0 Å². The zero-order valence-electron chi connectivity index (χ0n) is 5.15. The zero-order chi connectivity index (χ0) is 6.85. The van der Waals surface area contributed by atoms with E-state index in [9.17, 15) is 0 Å². The molecule has 50 valence electrons. The van der Waals surface area contributed by atoms with Gasteiger partial charge in [-0.05, 0) is 39.4 Å². The predicted octanol–water partition coefficient (Wildman–Crippen LogP) is 2.28. The summed E-state index contributed by atoms with van der Waals surface area (Å²) in [5.41, 5.74) is 7.97. The van der Waals surface area contributed by atoms with E-state index in [4.69, 9.17) is 5.73 Å². The minimum atomic E-state index is 0.647. The molecule has 0 aromatic carbocycles. The van der Waals surface area contributed by atoms with E-state index in [0.717, 1.165) is 0 Å². The molecule has 1 heterocycles. The molecule has 0 aliphatic carbocycles. The Hall–Kier alpha value is 0.140. The quantitative estimate of drug-likeness (QED) is 0.749. The molecule has 0 saturated heterocycles. The van der Waals surface area contributed by atoms with Gasteiger partial charge in [-0.3, -0.25) is 0 Å². The second-order valence-electron chi connectivity index (χ2n) is 1.86. The molecule has 3 heteroatoms. The van der Waals surface area contributed by atoms with Crippen LogP contribution in [0.25, 0.3) is 0 Å². The standard InChI is InChI=1S/C6H8BrNS/c1-4-5(2-8)3-9-6(4)7/h3H,2,8H2,1H3. The van der Waals surface area contributed by atoms with Crippen molar-refractivity contribution in [1.29, 1.82) is 0 Å². The summed E-state index contributed by atoms with van der Waals surface area (Å²) >= 11 is 5.11. The third-order valence-corrected chi connectivity index (χ3v) is 3.37. The van der Waals surface area contributed by atoms with Crippen molar-refractivity contribution in [3.05, 3.63) is 20.3 Å². The Morgan fingerprint density at radius 3 is 2.67 bits per heavy atom. The fourth-order valence-corrected chi connectivity index (χ4v) is 1.99. The maximum absolute atomic E-state index is 5.45. The molecule has 1 aromatic heterocycles. The molecule has 0 atom stereocenters. The first-order valence-electron chi connectivity index (χ1n) is 2.68. The monoisotopic (exact) mass is 205 g/mol. The Morgan fingerprint density at radius 1 is 1.78 bits per heavy atom. The van der Waals surface area contributed by atoms with Crippen LogP contribution in [0.4, 0.5) is 0 Å². The van der Waals surface area contributed by atoms with Gasteiger partial charge >= 0.3 is 0 Å². The average Bonchev–Trinajstić information content (AvgIpc) is 2.15. The maximum atomic E-state index is 5.45. The smallest absolute Gasteiger partial charge is 0.0730 e. The molecule has 0 spiro atoms. The topological polar surface area (TPSA) is 26.0 Å². The number of halogens is 1. The van der Waals surface area contributed by atoms with Gasteiger partial charge in [-0.15, -0.1) is 11.3 Å². The number of hydrogen-bond acceptors (Lipinski definition) is 2. The SMILES string of the molecule is Cc1c(CN)csc1Br. The highest BCUT2D eigenvalue weighted by Crippen LogP contribution is 2.26. The molecule has 0 radical (unpaired) electrons. The lowest BCUT2D eigenvalue weighted by Crippen LogP contribution is -1.95. The highest BCUT2D eigenvalue weighted by Gasteiger charge is 2.00. The molecule has 0 aliphatic heterocycles. The van der Waals surface area contributed by atoms with E-state index >= 15 is 0 Å². The number of hydrogen-bond donors (Lipinski definition) is 1. The first-order valence-corrected chi connectivity index (χ1v) is 4.35. The first kappa shape index (κ1) is 7.25. The minimum Gasteiger partial charge on any atom is -0.326 e. The molecule has 1 aromatic rings. The van der Waals surface area contributed by atoms with Crippen molar-refractivity contribution < 1.29 is 0 Å². The van der Waals surface area contributed by atoms with Crippen molar-refractivity contribution in [2.75, 3.05) is 0 Å². The molecular formula is C6H8BrNS. The Morgan fingerprint density at radius 2 is 2.44 bits per heavy atom. The van der Waals surface area contributed by atoms with E-state index < -0.39 is 0 Å². The fraction of sp³-hybridized carbons (Fsp3) is 0.333. The third-order valence-electron chi connectivity index (χ3n) is 1.30. The van der Waals surface area contributed by atoms with E-state index in [2.05, 4.69) is 28.2 Å². The first-order chi connectivity index (χ1) is 4.25. The molecule has 2 N–H and O–H groups in total. The van der Waals surface area contributed by atoms with E-state index in [1.807, 2.05) is 0 Å². The van der Waals surface area contributed by atoms with E-state index in [1.54, 1.807) is 11.3 Å². The van der Waals surface area contributed by atoms with Crippen molar-refractivity contribution >= 4 is 27.3 Å². The number of nitrogens with two attached hydrogens (primary N) is 1. The van der Waals surface area contributed by atoms with Gasteiger partial charge in [-0.25, -0.2) is 0 Å². The summed E-state index contributed by atoms with van der Waals surface area (Å²) in [6.07, 6.45) is 0. The van der Waals surface area contributed by atoms with Crippen molar-refractivity contribution in [3.8, 4) is 0 Å². The molecule has 0 unspecified atom stereocenters. The van der Waals surface area contributed by atoms with Crippen molar-refractivity contribution in [1.82, 2.24) is 0 Å². The van der Waals surface area contributed by atoms with Crippen LogP contribution in [-0.2, 0) is 6.54 Å². The Labute approximate surface area is 67.0 Å². The van der Waals surface area contributed by atoms with Gasteiger partial charge in [-0.2, -0.15) is 0 Å². The van der Waals surface area contributed by atoms with Crippen LogP contribution in [0.3, 0.4) is 0 Å². The highest BCUT2D eigenvalue weighted by molar-refractivity contribution is 9.11. The molecule has 0 aliphatic rings. The lowest BCUT2D eigenvalue weighted by molar-refractivity contribution is 1.06. The lowest BCUT2D eigenvalue weighted by atomic mass is 10.2. The van der Waals surface area contributed by atoms with Crippen molar-refractivity contribution in [2.24, 2.45) is 5.73 Å². The maximum Gasteiger partial charge on any atom is 0.0730 e. The van der Waals surface area contributed by atoms with Gasteiger partial charge in [0.2, 0.25) is 0 Å². The van der Waals surface area contributed by atoms with Crippen LogP contribution < -0.4 is 5.73 Å². The molecular weight excluding hydrogens is 198 g/mol. The molecule has 0 saturated carbocycles. The van der Waals surface area contributed by atoms with E-state index in [0.29, 0.717) is 6.54 Å². The van der Waals surface area contributed by atoms with Gasteiger partial charge in [0, 0.05) is 6.54 Å². The summed E-state index contributed by atoms with van der Waals surface area (Å²) < 4.78 is 1.20. The van der Waals surface area contributed by atoms with Crippen LogP contribution in [0.2, 0.25) is 0 Å². The van der Waals surface area contributed by atoms with Crippen LogP contribution >= 0.6 is 27.3 Å². The third kappa shape index (κ3) is 1.34. The van der Waals surface area contributed by atoms with Gasteiger partial charge in [0.05, 0.1) is 3.79 Å². The predicted molar refractivity (Wildman–Crippen MR) is 44.6 cm³/mol. The summed E-state index contributed by atoms with van der Waals surface area (Å²) in [5, 5.41) is 2.08. The number of rotatable bonds is 1. The second-order valence-corrected chi connectivity index (χ2v) is 4.06. The van der Waals surface area contributed by atoms with E-state index in [1.165, 1.54) is 14.9 Å². The summed E-state index contributed by atoms with van der Waals surface area (Å²) in [6.45, 7) is 2.72. The van der Waals surface area contributed by atoms with Crippen molar-refractivity contribution in [3.63, 3.8) is 0 Å². The molecule has 0 fully saturated rings. The largest absolute Gasteiger partial charge is 0.326 e. The summed E-state index contributed by atoms with van der Waals surface area (Å²) in [7, 11) is 0. The fourth-order valence-electron chi connectivity index (χ4n) is 0.627. The summed E-state index contributed by atoms with van der Waals surface area (Å²) in [5.74, 6) is 0. The molecule has 1 nitrogen and oxygen atoms in total. The van der Waals surface area contributed by atoms with Crippen LogP contribution in [0.5, 0.6) is 0 Å². The van der Waals surface area contributed by atoms with Crippen molar-refractivity contribution in [2.45, 2.75) is 13.5 Å². The Kier molecular flexibility index (Phi) is 2.27. The minimum absolute atomic E-state index is 0.647. The van der Waals surface area contributed by atoms with Crippen LogP contribution in [0.1, 0.15) is 11.1 Å². The summed E-state index contributed by atoms with van der Waals surface area (Å²) in [6, 6.07) is 0. The highest BCUT2D eigenvalue weighted by atomic mass is 79.9. The number of thiophene rings is 1. The Bertz CT molecular complexity index is 207. The lowest BCUT2D eigenvalue weighted by Gasteiger charge is -1.90.